The summed E-state index contributed by atoms with van der Waals surface area (Å²) in [5.74, 6) is 0.250. The van der Waals surface area contributed by atoms with Crippen LogP contribution in [0.4, 0.5) is 5.95 Å². The van der Waals surface area contributed by atoms with Crippen LogP contribution in [0.2, 0.25) is 0 Å². The van der Waals surface area contributed by atoms with Crippen molar-refractivity contribution in [2.24, 2.45) is 0 Å². The van der Waals surface area contributed by atoms with Crippen molar-refractivity contribution >= 4 is 38.8 Å². The van der Waals surface area contributed by atoms with Crippen molar-refractivity contribution in [3.05, 3.63) is 58.1 Å². The monoisotopic (exact) mass is 329 g/mol. The number of carbonyl (C=O) groups excluding carboxylic acids is 1. The molecule has 0 saturated heterocycles. The van der Waals surface area contributed by atoms with Gasteiger partial charge < -0.3 is 4.98 Å². The Kier molecular flexibility index (Phi) is 3.28. The number of fused-ring (bicyclic) bond motifs is 1. The van der Waals surface area contributed by atoms with Gasteiger partial charge >= 0.3 is 0 Å². The molecule has 1 amide bonds. The van der Waals surface area contributed by atoms with Crippen molar-refractivity contribution in [1.82, 2.24) is 9.97 Å². The normalized spacial score (nSPS) is 10.7. The summed E-state index contributed by atoms with van der Waals surface area (Å²) in [6, 6.07) is 13.2. The van der Waals surface area contributed by atoms with Gasteiger partial charge in [-0.1, -0.05) is 18.2 Å². The first-order chi connectivity index (χ1) is 9.63. The van der Waals surface area contributed by atoms with Crippen LogP contribution in [0.3, 0.4) is 0 Å². The zero-order valence-corrected chi connectivity index (χ0v) is 12.4. The Morgan fingerprint density at radius 1 is 1.25 bits per heavy atom. The lowest BCUT2D eigenvalue weighted by Crippen LogP contribution is -2.13. The van der Waals surface area contributed by atoms with E-state index in [2.05, 4.69) is 31.2 Å². The topological polar surface area (TPSA) is 57.8 Å². The van der Waals surface area contributed by atoms with Crippen LogP contribution in [-0.2, 0) is 0 Å². The van der Waals surface area contributed by atoms with Crippen molar-refractivity contribution in [2.45, 2.75) is 6.92 Å². The van der Waals surface area contributed by atoms with Crippen LogP contribution < -0.4 is 5.32 Å². The zero-order valence-electron chi connectivity index (χ0n) is 10.8. The highest BCUT2D eigenvalue weighted by Gasteiger charge is 2.12. The third-order valence-electron chi connectivity index (χ3n) is 2.99. The molecule has 0 radical (unpaired) electrons. The first kappa shape index (κ1) is 12.9. The zero-order chi connectivity index (χ0) is 14.1. The van der Waals surface area contributed by atoms with E-state index in [0.717, 1.165) is 21.1 Å². The van der Waals surface area contributed by atoms with Crippen LogP contribution in [0.15, 0.2) is 46.9 Å². The fraction of sp³-hybridized carbons (Fsp3) is 0.0667. The number of nitrogens with zero attached hydrogens (tertiary/aromatic N) is 1. The summed E-state index contributed by atoms with van der Waals surface area (Å²) in [5, 5.41) is 2.77. The lowest BCUT2D eigenvalue weighted by atomic mass is 10.1. The number of rotatable bonds is 2. The van der Waals surface area contributed by atoms with E-state index in [1.54, 1.807) is 6.07 Å². The van der Waals surface area contributed by atoms with Gasteiger partial charge in [-0.2, -0.15) is 0 Å². The Labute approximate surface area is 124 Å². The third kappa shape index (κ3) is 2.44. The Morgan fingerprint density at radius 3 is 2.80 bits per heavy atom. The number of benzene rings is 2. The van der Waals surface area contributed by atoms with Crippen molar-refractivity contribution in [3.63, 3.8) is 0 Å². The maximum Gasteiger partial charge on any atom is 0.259 e. The minimum Gasteiger partial charge on any atom is -0.324 e. The molecule has 1 heterocycles. The maximum atomic E-state index is 12.2. The second-order valence-electron chi connectivity index (χ2n) is 4.54. The standard InChI is InChI=1S/C15H12BrN3O/c1-9-6-7-10(11(16)8-9)14(20)19-15-17-12-4-2-3-5-13(12)18-15/h2-8H,1H3,(H2,17,18,19,20). The predicted molar refractivity (Wildman–Crippen MR) is 82.9 cm³/mol. The molecule has 20 heavy (non-hydrogen) atoms. The number of hydrogen-bond acceptors (Lipinski definition) is 2. The number of amides is 1. The van der Waals surface area contributed by atoms with E-state index in [1.807, 2.05) is 43.3 Å². The minimum absolute atomic E-state index is 0.198. The lowest BCUT2D eigenvalue weighted by Gasteiger charge is -2.05. The molecule has 0 aliphatic heterocycles. The Balaban J connectivity index is 1.88. The number of para-hydroxylation sites is 2. The average molecular weight is 330 g/mol. The summed E-state index contributed by atoms with van der Waals surface area (Å²) in [6.07, 6.45) is 0. The van der Waals surface area contributed by atoms with Gasteiger partial charge in [-0.15, -0.1) is 0 Å². The smallest absolute Gasteiger partial charge is 0.259 e. The summed E-state index contributed by atoms with van der Waals surface area (Å²) in [4.78, 5) is 19.6. The van der Waals surface area contributed by atoms with Gasteiger partial charge in [0.2, 0.25) is 5.95 Å². The van der Waals surface area contributed by atoms with Gasteiger partial charge in [0.1, 0.15) is 0 Å². The van der Waals surface area contributed by atoms with Crippen LogP contribution in [0.5, 0.6) is 0 Å². The number of aromatic nitrogens is 2. The first-order valence-corrected chi connectivity index (χ1v) is 6.95. The van der Waals surface area contributed by atoms with Crippen molar-refractivity contribution < 1.29 is 4.79 Å². The number of halogens is 1. The van der Waals surface area contributed by atoms with Crippen LogP contribution in [-0.4, -0.2) is 15.9 Å². The van der Waals surface area contributed by atoms with Gasteiger partial charge in [0.05, 0.1) is 16.6 Å². The molecule has 2 N–H and O–H groups in total. The van der Waals surface area contributed by atoms with E-state index >= 15 is 0 Å². The van der Waals surface area contributed by atoms with Crippen LogP contribution in [0, 0.1) is 6.92 Å². The highest BCUT2D eigenvalue weighted by molar-refractivity contribution is 9.10. The summed E-state index contributed by atoms with van der Waals surface area (Å²) in [5.41, 5.74) is 3.39. The molecule has 0 saturated carbocycles. The molecule has 100 valence electrons. The van der Waals surface area contributed by atoms with E-state index < -0.39 is 0 Å². The lowest BCUT2D eigenvalue weighted by molar-refractivity contribution is 0.102. The molecule has 5 heteroatoms. The number of hydrogen-bond donors (Lipinski definition) is 2. The quantitative estimate of drug-likeness (QED) is 0.749. The van der Waals surface area contributed by atoms with Crippen molar-refractivity contribution in [2.75, 3.05) is 5.32 Å². The number of H-pyrrole nitrogens is 1. The Hall–Kier alpha value is -2.14. The van der Waals surface area contributed by atoms with Crippen molar-refractivity contribution in [3.8, 4) is 0 Å². The molecular formula is C15H12BrN3O. The fourth-order valence-electron chi connectivity index (χ4n) is 1.99. The molecule has 2 aromatic carbocycles. The van der Waals surface area contributed by atoms with Crippen molar-refractivity contribution in [1.29, 1.82) is 0 Å². The predicted octanol–water partition coefficient (Wildman–Crippen LogP) is 3.89. The number of aromatic amines is 1. The summed E-state index contributed by atoms with van der Waals surface area (Å²) < 4.78 is 0.770. The number of aryl methyl sites for hydroxylation is 1. The summed E-state index contributed by atoms with van der Waals surface area (Å²) >= 11 is 3.40. The molecule has 0 aliphatic carbocycles. The minimum atomic E-state index is -0.198. The number of carbonyl (C=O) groups is 1. The van der Waals surface area contributed by atoms with E-state index in [4.69, 9.17) is 0 Å². The number of nitrogens with one attached hydrogen (secondary N) is 2. The van der Waals surface area contributed by atoms with Gasteiger partial charge in [-0.25, -0.2) is 4.98 Å². The molecule has 3 rings (SSSR count). The molecule has 4 nitrogen and oxygen atoms in total. The second kappa shape index (κ2) is 5.09. The molecule has 1 aromatic heterocycles. The molecule has 3 aromatic rings. The fourth-order valence-corrected chi connectivity index (χ4v) is 2.66. The van der Waals surface area contributed by atoms with Crippen LogP contribution in [0.1, 0.15) is 15.9 Å². The van der Waals surface area contributed by atoms with Crippen LogP contribution in [0.25, 0.3) is 11.0 Å². The Bertz CT molecular complexity index is 762. The van der Waals surface area contributed by atoms with Gasteiger partial charge in [0.15, 0.2) is 0 Å². The highest BCUT2D eigenvalue weighted by Crippen LogP contribution is 2.20. The van der Waals surface area contributed by atoms with E-state index in [9.17, 15) is 4.79 Å². The molecule has 0 atom stereocenters. The summed E-state index contributed by atoms with van der Waals surface area (Å²) in [6.45, 7) is 1.98. The molecule has 0 bridgehead atoms. The highest BCUT2D eigenvalue weighted by atomic mass is 79.9. The number of anilines is 1. The first-order valence-electron chi connectivity index (χ1n) is 6.16. The molecule has 0 fully saturated rings. The van der Waals surface area contributed by atoms with E-state index in [-0.39, 0.29) is 5.91 Å². The average Bonchev–Trinajstić information content (AvgIpc) is 2.80. The van der Waals surface area contributed by atoms with Crippen LogP contribution >= 0.6 is 15.9 Å². The second-order valence-corrected chi connectivity index (χ2v) is 5.39. The summed E-state index contributed by atoms with van der Waals surface area (Å²) in [7, 11) is 0. The van der Waals surface area contributed by atoms with Gasteiger partial charge in [0.25, 0.3) is 5.91 Å². The Morgan fingerprint density at radius 2 is 2.05 bits per heavy atom. The third-order valence-corrected chi connectivity index (χ3v) is 3.65. The molecule has 0 unspecified atom stereocenters. The van der Waals surface area contributed by atoms with Gasteiger partial charge in [-0.3, -0.25) is 10.1 Å². The largest absolute Gasteiger partial charge is 0.324 e. The molecular weight excluding hydrogens is 318 g/mol. The van der Waals surface area contributed by atoms with E-state index in [1.165, 1.54) is 0 Å². The molecule has 0 spiro atoms. The SMILES string of the molecule is Cc1ccc(C(=O)Nc2nc3ccccc3[nH]2)c(Br)c1. The van der Waals surface area contributed by atoms with Gasteiger partial charge in [-0.05, 0) is 52.7 Å². The molecule has 0 aliphatic rings. The van der Waals surface area contributed by atoms with E-state index in [0.29, 0.717) is 11.5 Å². The number of imidazole rings is 1. The van der Waals surface area contributed by atoms with Gasteiger partial charge in [0, 0.05) is 4.47 Å². The maximum absolute atomic E-state index is 12.2.